The standard InChI is InChI=1S/C14H16FNO2.Li/c15-13-6-11(3-4-12(13)10-1-2-10)16-7-9(8-16)5-14(17)18;/h3-4,6,9-10H,1-2,5,7-8H2,(H,17,18);/q;+1/p-1. The molecule has 5 heteroatoms. The quantitative estimate of drug-likeness (QED) is 0.601. The van der Waals surface area contributed by atoms with Crippen molar-refractivity contribution in [1.29, 1.82) is 0 Å². The van der Waals surface area contributed by atoms with Crippen LogP contribution in [0.15, 0.2) is 18.2 Å². The average molecular weight is 255 g/mol. The van der Waals surface area contributed by atoms with Crippen molar-refractivity contribution in [3.05, 3.63) is 29.6 Å². The number of rotatable bonds is 4. The maximum Gasteiger partial charge on any atom is 1.00 e. The summed E-state index contributed by atoms with van der Waals surface area (Å²) in [5.74, 6) is -0.573. The van der Waals surface area contributed by atoms with Gasteiger partial charge in [-0.1, -0.05) is 6.07 Å². The van der Waals surface area contributed by atoms with Crippen LogP contribution < -0.4 is 28.9 Å². The third-order valence-electron chi connectivity index (χ3n) is 3.78. The van der Waals surface area contributed by atoms with E-state index in [0.29, 0.717) is 19.0 Å². The Hall–Kier alpha value is -0.983. The smallest absolute Gasteiger partial charge is 0.550 e. The van der Waals surface area contributed by atoms with E-state index in [4.69, 9.17) is 0 Å². The number of hydrogen-bond donors (Lipinski definition) is 0. The van der Waals surface area contributed by atoms with Gasteiger partial charge in [0.15, 0.2) is 0 Å². The topological polar surface area (TPSA) is 43.4 Å². The Bertz CT molecular complexity index is 484. The minimum atomic E-state index is -1.00. The number of carbonyl (C=O) groups excluding carboxylic acids is 1. The third-order valence-corrected chi connectivity index (χ3v) is 3.78. The first-order valence-electron chi connectivity index (χ1n) is 6.37. The number of anilines is 1. The first-order valence-corrected chi connectivity index (χ1v) is 6.37. The summed E-state index contributed by atoms with van der Waals surface area (Å²) < 4.78 is 13.8. The van der Waals surface area contributed by atoms with Crippen LogP contribution in [0.5, 0.6) is 0 Å². The number of carboxylic acids is 1. The molecule has 1 aliphatic heterocycles. The molecule has 0 aromatic heterocycles. The number of halogens is 1. The number of hydrogen-bond acceptors (Lipinski definition) is 3. The van der Waals surface area contributed by atoms with E-state index in [0.717, 1.165) is 24.1 Å². The summed E-state index contributed by atoms with van der Waals surface area (Å²) in [6, 6.07) is 5.38. The Morgan fingerprint density at radius 2 is 2.05 bits per heavy atom. The van der Waals surface area contributed by atoms with Gasteiger partial charge in [-0.05, 0) is 48.8 Å². The number of carboxylic acid groups (broad SMARTS) is 1. The Balaban J connectivity index is 0.00000133. The molecule has 1 heterocycles. The van der Waals surface area contributed by atoms with Gasteiger partial charge < -0.3 is 14.8 Å². The van der Waals surface area contributed by atoms with Crippen LogP contribution in [0.1, 0.15) is 30.7 Å². The molecule has 1 aromatic rings. The van der Waals surface area contributed by atoms with Gasteiger partial charge in [0.1, 0.15) is 5.82 Å². The van der Waals surface area contributed by atoms with Crippen LogP contribution in [-0.4, -0.2) is 19.1 Å². The van der Waals surface area contributed by atoms with Gasteiger partial charge in [0, 0.05) is 24.7 Å². The van der Waals surface area contributed by atoms with Crippen LogP contribution in [0.4, 0.5) is 10.1 Å². The van der Waals surface area contributed by atoms with E-state index in [1.165, 1.54) is 0 Å². The van der Waals surface area contributed by atoms with Gasteiger partial charge in [-0.2, -0.15) is 0 Å². The Morgan fingerprint density at radius 1 is 1.37 bits per heavy atom. The van der Waals surface area contributed by atoms with Crippen molar-refractivity contribution in [2.24, 2.45) is 5.92 Å². The van der Waals surface area contributed by atoms with Crippen molar-refractivity contribution in [2.75, 3.05) is 18.0 Å². The van der Waals surface area contributed by atoms with Gasteiger partial charge in [0.25, 0.3) is 0 Å². The van der Waals surface area contributed by atoms with Crippen LogP contribution in [-0.2, 0) is 4.79 Å². The van der Waals surface area contributed by atoms with E-state index >= 15 is 0 Å². The minimum absolute atomic E-state index is 0. The maximum atomic E-state index is 13.8. The van der Waals surface area contributed by atoms with Gasteiger partial charge in [-0.15, -0.1) is 0 Å². The second-order valence-corrected chi connectivity index (χ2v) is 5.33. The first-order chi connectivity index (χ1) is 8.63. The predicted octanol–water partition coefficient (Wildman–Crippen LogP) is -1.72. The summed E-state index contributed by atoms with van der Waals surface area (Å²) in [5, 5.41) is 10.4. The maximum absolute atomic E-state index is 13.8. The number of aliphatic carboxylic acids is 1. The number of carbonyl (C=O) groups is 1. The minimum Gasteiger partial charge on any atom is -0.550 e. The number of nitrogens with zero attached hydrogens (tertiary/aromatic N) is 1. The molecule has 0 radical (unpaired) electrons. The van der Waals surface area contributed by atoms with E-state index in [1.807, 2.05) is 17.0 Å². The van der Waals surface area contributed by atoms with Gasteiger partial charge in [-0.25, -0.2) is 4.39 Å². The molecule has 3 nitrogen and oxygen atoms in total. The molecule has 96 valence electrons. The van der Waals surface area contributed by atoms with E-state index in [-0.39, 0.29) is 37.0 Å². The molecule has 1 saturated heterocycles. The zero-order valence-electron chi connectivity index (χ0n) is 11.1. The normalized spacial score (nSPS) is 18.7. The summed E-state index contributed by atoms with van der Waals surface area (Å²) >= 11 is 0. The second-order valence-electron chi connectivity index (χ2n) is 5.33. The molecule has 2 aliphatic rings. The Labute approximate surface area is 124 Å². The third kappa shape index (κ3) is 3.13. The second kappa shape index (κ2) is 5.56. The molecule has 1 aliphatic carbocycles. The van der Waals surface area contributed by atoms with Crippen molar-refractivity contribution < 1.29 is 33.2 Å². The summed E-state index contributed by atoms with van der Waals surface area (Å²) in [6.07, 6.45) is 2.28. The van der Waals surface area contributed by atoms with Crippen molar-refractivity contribution >= 4 is 11.7 Å². The van der Waals surface area contributed by atoms with Gasteiger partial charge in [0.05, 0.1) is 0 Å². The molecule has 1 saturated carbocycles. The van der Waals surface area contributed by atoms with Crippen LogP contribution in [0.25, 0.3) is 0 Å². The molecule has 19 heavy (non-hydrogen) atoms. The van der Waals surface area contributed by atoms with E-state index in [9.17, 15) is 14.3 Å². The molecular weight excluding hydrogens is 240 g/mol. The Morgan fingerprint density at radius 3 is 2.58 bits per heavy atom. The molecule has 3 rings (SSSR count). The fourth-order valence-corrected chi connectivity index (χ4v) is 2.58. The largest absolute Gasteiger partial charge is 1.00 e. The molecular formula is C14H15FLiNO2. The predicted molar refractivity (Wildman–Crippen MR) is 63.7 cm³/mol. The van der Waals surface area contributed by atoms with Gasteiger partial charge >= 0.3 is 18.9 Å². The monoisotopic (exact) mass is 255 g/mol. The summed E-state index contributed by atoms with van der Waals surface area (Å²) in [6.45, 7) is 1.35. The number of benzene rings is 1. The van der Waals surface area contributed by atoms with Gasteiger partial charge in [-0.3, -0.25) is 0 Å². The molecule has 0 atom stereocenters. The summed E-state index contributed by atoms with van der Waals surface area (Å²) in [7, 11) is 0. The van der Waals surface area contributed by atoms with Gasteiger partial charge in [0.2, 0.25) is 0 Å². The molecule has 0 bridgehead atoms. The van der Waals surface area contributed by atoms with Crippen LogP contribution >= 0.6 is 0 Å². The Kier molecular flexibility index (Phi) is 4.22. The van der Waals surface area contributed by atoms with Crippen molar-refractivity contribution in [2.45, 2.75) is 25.2 Å². The van der Waals surface area contributed by atoms with E-state index in [1.54, 1.807) is 6.07 Å². The average Bonchev–Trinajstić information content (AvgIpc) is 3.06. The van der Waals surface area contributed by atoms with Crippen molar-refractivity contribution in [1.82, 2.24) is 0 Å². The van der Waals surface area contributed by atoms with E-state index < -0.39 is 5.97 Å². The fraction of sp³-hybridized carbons (Fsp3) is 0.500. The molecule has 1 aromatic carbocycles. The van der Waals surface area contributed by atoms with E-state index in [2.05, 4.69) is 0 Å². The molecule has 0 N–H and O–H groups in total. The van der Waals surface area contributed by atoms with Crippen molar-refractivity contribution in [3.8, 4) is 0 Å². The molecule has 0 unspecified atom stereocenters. The van der Waals surface area contributed by atoms with Crippen LogP contribution in [0, 0.1) is 11.7 Å². The summed E-state index contributed by atoms with van der Waals surface area (Å²) in [4.78, 5) is 12.4. The zero-order valence-corrected chi connectivity index (χ0v) is 11.1. The van der Waals surface area contributed by atoms with Crippen LogP contribution in [0.2, 0.25) is 0 Å². The molecule has 2 fully saturated rings. The van der Waals surface area contributed by atoms with Crippen LogP contribution in [0.3, 0.4) is 0 Å². The molecule has 0 amide bonds. The fourth-order valence-electron chi connectivity index (χ4n) is 2.58. The molecule has 0 spiro atoms. The van der Waals surface area contributed by atoms with Crippen molar-refractivity contribution in [3.63, 3.8) is 0 Å². The summed E-state index contributed by atoms with van der Waals surface area (Å²) in [5.41, 5.74) is 1.68. The first kappa shape index (κ1) is 14.4. The zero-order chi connectivity index (χ0) is 12.7. The SMILES string of the molecule is O=C([O-])CC1CN(c2ccc(C3CC3)c(F)c2)C1.[Li+].